The van der Waals surface area contributed by atoms with Gasteiger partial charge >= 0.3 is 0 Å². The summed E-state index contributed by atoms with van der Waals surface area (Å²) >= 11 is 0. The maximum atomic E-state index is 11.9. The minimum Gasteiger partial charge on any atom is -0.489 e. The zero-order valence-corrected chi connectivity index (χ0v) is 13.6. The molecule has 2 aromatic rings. The Bertz CT molecular complexity index is 710. The van der Waals surface area contributed by atoms with Crippen LogP contribution >= 0.6 is 0 Å². The van der Waals surface area contributed by atoms with E-state index in [0.29, 0.717) is 18.5 Å². The van der Waals surface area contributed by atoms with Crippen LogP contribution in [0.4, 0.5) is 0 Å². The van der Waals surface area contributed by atoms with Gasteiger partial charge in [0.1, 0.15) is 24.6 Å². The lowest BCUT2D eigenvalue weighted by atomic mass is 9.95. The summed E-state index contributed by atoms with van der Waals surface area (Å²) in [7, 11) is 1.52. The van der Waals surface area contributed by atoms with Crippen LogP contribution in [0.3, 0.4) is 0 Å². The van der Waals surface area contributed by atoms with Crippen molar-refractivity contribution in [2.75, 3.05) is 7.05 Å². The second kappa shape index (κ2) is 7.58. The van der Waals surface area contributed by atoms with Crippen LogP contribution in [0.2, 0.25) is 0 Å². The first-order chi connectivity index (χ1) is 11.1. The summed E-state index contributed by atoms with van der Waals surface area (Å²) in [5.41, 5.74) is 3.67. The molecule has 0 radical (unpaired) electrons. The summed E-state index contributed by atoms with van der Waals surface area (Å²) < 4.78 is 5.90. The van der Waals surface area contributed by atoms with Crippen molar-refractivity contribution in [1.29, 1.82) is 0 Å². The lowest BCUT2D eigenvalue weighted by molar-refractivity contribution is -0.125. The normalized spacial score (nSPS) is 11.6. The molecule has 0 aliphatic heterocycles. The third kappa shape index (κ3) is 3.97. The van der Waals surface area contributed by atoms with Crippen LogP contribution in [0.15, 0.2) is 42.5 Å². The van der Waals surface area contributed by atoms with Gasteiger partial charge in [0.25, 0.3) is 0 Å². The number of carbonyl (C=O) groups excluding carboxylic acids is 2. The average molecular weight is 311 g/mol. The number of hydrogen-bond donors (Lipinski definition) is 1. The Labute approximate surface area is 136 Å². The molecule has 0 bridgehead atoms. The number of nitrogens with one attached hydrogen (secondary N) is 1. The zero-order chi connectivity index (χ0) is 16.8. The van der Waals surface area contributed by atoms with Gasteiger partial charge in [0.15, 0.2) is 0 Å². The molecule has 0 fully saturated rings. The third-order valence-corrected chi connectivity index (χ3v) is 3.78. The Morgan fingerprint density at radius 3 is 2.65 bits per heavy atom. The minimum atomic E-state index is -0.821. The highest BCUT2D eigenvalue weighted by Gasteiger charge is 2.21. The number of ether oxygens (including phenoxy) is 1. The lowest BCUT2D eigenvalue weighted by Gasteiger charge is -2.16. The molecule has 23 heavy (non-hydrogen) atoms. The fourth-order valence-corrected chi connectivity index (χ4v) is 2.42. The molecule has 1 atom stereocenters. The zero-order valence-electron chi connectivity index (χ0n) is 13.6. The standard InChI is InChI=1S/C19H21NO3/c1-13-8-9-14(2)18(10-13)23-12-15-6-4-5-7-16(15)17(11-21)19(22)20-3/h4-11,17H,12H2,1-3H3,(H,20,22)/t17-/m1/s1. The predicted molar refractivity (Wildman–Crippen MR) is 89.6 cm³/mol. The molecule has 0 saturated heterocycles. The van der Waals surface area contributed by atoms with E-state index in [0.717, 1.165) is 22.4 Å². The van der Waals surface area contributed by atoms with Crippen molar-refractivity contribution < 1.29 is 14.3 Å². The maximum Gasteiger partial charge on any atom is 0.234 e. The van der Waals surface area contributed by atoms with E-state index >= 15 is 0 Å². The summed E-state index contributed by atoms with van der Waals surface area (Å²) in [5, 5.41) is 2.52. The fourth-order valence-electron chi connectivity index (χ4n) is 2.42. The van der Waals surface area contributed by atoms with Gasteiger partial charge in [-0.2, -0.15) is 0 Å². The van der Waals surface area contributed by atoms with E-state index in [4.69, 9.17) is 4.74 Å². The molecule has 4 nitrogen and oxygen atoms in total. The van der Waals surface area contributed by atoms with Crippen LogP contribution in [0.1, 0.15) is 28.2 Å². The molecule has 0 unspecified atom stereocenters. The topological polar surface area (TPSA) is 55.4 Å². The highest BCUT2D eigenvalue weighted by atomic mass is 16.5. The highest BCUT2D eigenvalue weighted by Crippen LogP contribution is 2.24. The van der Waals surface area contributed by atoms with Crippen LogP contribution in [0.5, 0.6) is 5.75 Å². The second-order valence-electron chi connectivity index (χ2n) is 5.48. The molecule has 1 amide bonds. The molecule has 2 aromatic carbocycles. The second-order valence-corrected chi connectivity index (χ2v) is 5.48. The van der Waals surface area contributed by atoms with Gasteiger partial charge in [0.05, 0.1) is 0 Å². The molecular formula is C19H21NO3. The van der Waals surface area contributed by atoms with Gasteiger partial charge in [0, 0.05) is 7.05 Å². The summed E-state index contributed by atoms with van der Waals surface area (Å²) in [5.74, 6) is -0.333. The molecule has 0 aromatic heterocycles. The first-order valence-electron chi connectivity index (χ1n) is 7.51. The summed E-state index contributed by atoms with van der Waals surface area (Å²) in [4.78, 5) is 23.2. The van der Waals surface area contributed by atoms with E-state index in [1.165, 1.54) is 7.05 Å². The molecule has 0 heterocycles. The van der Waals surface area contributed by atoms with Crippen molar-refractivity contribution in [3.05, 3.63) is 64.7 Å². The number of amides is 1. The number of likely N-dealkylation sites (N-methyl/N-ethyl adjacent to an activating group) is 1. The van der Waals surface area contributed by atoms with E-state index in [-0.39, 0.29) is 5.91 Å². The Hall–Kier alpha value is -2.62. The van der Waals surface area contributed by atoms with Crippen molar-refractivity contribution >= 4 is 12.2 Å². The van der Waals surface area contributed by atoms with E-state index in [2.05, 4.69) is 5.32 Å². The number of carbonyl (C=O) groups is 2. The predicted octanol–water partition coefficient (Wildman–Crippen LogP) is 2.91. The summed E-state index contributed by atoms with van der Waals surface area (Å²) in [6, 6.07) is 13.4. The van der Waals surface area contributed by atoms with Crippen molar-refractivity contribution in [3.63, 3.8) is 0 Å². The van der Waals surface area contributed by atoms with Crippen LogP contribution in [-0.4, -0.2) is 19.2 Å². The third-order valence-electron chi connectivity index (χ3n) is 3.78. The quantitative estimate of drug-likeness (QED) is 0.659. The van der Waals surface area contributed by atoms with Crippen molar-refractivity contribution in [1.82, 2.24) is 5.32 Å². The molecule has 120 valence electrons. The van der Waals surface area contributed by atoms with Crippen LogP contribution in [0.25, 0.3) is 0 Å². The largest absolute Gasteiger partial charge is 0.489 e. The van der Waals surface area contributed by atoms with E-state index < -0.39 is 5.92 Å². The van der Waals surface area contributed by atoms with Gasteiger partial charge in [0.2, 0.25) is 5.91 Å². The van der Waals surface area contributed by atoms with Gasteiger partial charge in [-0.25, -0.2) is 0 Å². The monoisotopic (exact) mass is 311 g/mol. The SMILES string of the molecule is CNC(=O)[C@H](C=O)c1ccccc1COc1cc(C)ccc1C. The molecule has 0 saturated carbocycles. The number of hydrogen-bond acceptors (Lipinski definition) is 3. The Morgan fingerprint density at radius 2 is 1.96 bits per heavy atom. The fraction of sp³-hybridized carbons (Fsp3) is 0.263. The Morgan fingerprint density at radius 1 is 1.22 bits per heavy atom. The van der Waals surface area contributed by atoms with Crippen LogP contribution in [-0.2, 0) is 16.2 Å². The Kier molecular flexibility index (Phi) is 5.52. The van der Waals surface area contributed by atoms with Crippen molar-refractivity contribution in [2.45, 2.75) is 26.4 Å². The smallest absolute Gasteiger partial charge is 0.234 e. The van der Waals surface area contributed by atoms with E-state index in [1.807, 2.05) is 50.2 Å². The van der Waals surface area contributed by atoms with Crippen molar-refractivity contribution in [2.24, 2.45) is 0 Å². The van der Waals surface area contributed by atoms with Gasteiger partial charge < -0.3 is 14.8 Å². The van der Waals surface area contributed by atoms with Crippen molar-refractivity contribution in [3.8, 4) is 5.75 Å². The first-order valence-corrected chi connectivity index (χ1v) is 7.51. The van der Waals surface area contributed by atoms with Gasteiger partial charge in [-0.05, 0) is 42.2 Å². The molecule has 0 aliphatic rings. The molecular weight excluding hydrogens is 290 g/mol. The molecule has 0 spiro atoms. The average Bonchev–Trinajstić information content (AvgIpc) is 2.57. The highest BCUT2D eigenvalue weighted by molar-refractivity contribution is 5.97. The molecule has 0 aliphatic carbocycles. The summed E-state index contributed by atoms with van der Waals surface area (Å²) in [6.45, 7) is 4.30. The molecule has 2 rings (SSSR count). The number of benzene rings is 2. The van der Waals surface area contributed by atoms with Gasteiger partial charge in [-0.3, -0.25) is 4.79 Å². The van der Waals surface area contributed by atoms with E-state index in [9.17, 15) is 9.59 Å². The number of aryl methyl sites for hydroxylation is 2. The number of aldehydes is 1. The van der Waals surface area contributed by atoms with E-state index in [1.54, 1.807) is 6.07 Å². The minimum absolute atomic E-state index is 0.307. The number of rotatable bonds is 6. The molecule has 1 N–H and O–H groups in total. The summed E-state index contributed by atoms with van der Waals surface area (Å²) in [6.07, 6.45) is 0.662. The van der Waals surface area contributed by atoms with Gasteiger partial charge in [-0.15, -0.1) is 0 Å². The Balaban J connectivity index is 2.25. The molecule has 4 heteroatoms. The van der Waals surface area contributed by atoms with Crippen LogP contribution in [0, 0.1) is 13.8 Å². The lowest BCUT2D eigenvalue weighted by Crippen LogP contribution is -2.27. The first kappa shape index (κ1) is 16.7. The maximum absolute atomic E-state index is 11.9. The van der Waals surface area contributed by atoms with Gasteiger partial charge in [-0.1, -0.05) is 36.4 Å². The van der Waals surface area contributed by atoms with Crippen LogP contribution < -0.4 is 10.1 Å².